The van der Waals surface area contributed by atoms with Gasteiger partial charge in [0.2, 0.25) is 0 Å². The van der Waals surface area contributed by atoms with Gasteiger partial charge in [0, 0.05) is 32.4 Å². The molecular weight excluding hydrogens is 396 g/mol. The van der Waals surface area contributed by atoms with Gasteiger partial charge in [-0.3, -0.25) is 14.5 Å². The van der Waals surface area contributed by atoms with Crippen molar-refractivity contribution >= 4 is 17.4 Å². The van der Waals surface area contributed by atoms with Crippen LogP contribution in [-0.4, -0.2) is 76.0 Å². The lowest BCUT2D eigenvalue weighted by molar-refractivity contribution is -0.140. The minimum Gasteiger partial charge on any atom is -0.507 e. The summed E-state index contributed by atoms with van der Waals surface area (Å²) in [6.07, 6.45) is 1.50. The summed E-state index contributed by atoms with van der Waals surface area (Å²) in [5.41, 5.74) is 1.76. The number of hydrogen-bond donors (Lipinski definition) is 1. The maximum Gasteiger partial charge on any atom is 0.295 e. The first-order valence-electron chi connectivity index (χ1n) is 10.4. The number of likely N-dealkylation sites (tertiary alicyclic amines) is 1. The quantitative estimate of drug-likeness (QED) is 0.446. The highest BCUT2D eigenvalue weighted by atomic mass is 16.5. The van der Waals surface area contributed by atoms with Crippen LogP contribution in [0.1, 0.15) is 28.7 Å². The van der Waals surface area contributed by atoms with Gasteiger partial charge < -0.3 is 14.7 Å². The lowest BCUT2D eigenvalue weighted by atomic mass is 9.95. The molecule has 0 saturated carbocycles. The maximum absolute atomic E-state index is 13.1. The molecule has 162 valence electrons. The van der Waals surface area contributed by atoms with Gasteiger partial charge >= 0.3 is 0 Å². The summed E-state index contributed by atoms with van der Waals surface area (Å²) in [5.74, 6) is -0.958. The molecule has 2 aliphatic heterocycles. The number of aliphatic hydroxyl groups excluding tert-OH is 1. The SMILES string of the molecule is Cc1ncc(C(O)=C2C(=O)C(=O)N(CCN3CCOCC3)[C@H]2c2ccccc2)c(C)n1. The molecule has 0 unspecified atom stereocenters. The Hall–Kier alpha value is -3.10. The second-order valence-electron chi connectivity index (χ2n) is 7.77. The number of carbonyl (C=O) groups excluding carboxylic acids is 2. The minimum absolute atomic E-state index is 0.0775. The fourth-order valence-electron chi connectivity index (χ4n) is 4.13. The van der Waals surface area contributed by atoms with E-state index in [4.69, 9.17) is 4.74 Å². The molecule has 2 aromatic rings. The first-order chi connectivity index (χ1) is 15.0. The van der Waals surface area contributed by atoms with Crippen LogP contribution in [0.5, 0.6) is 0 Å². The van der Waals surface area contributed by atoms with Crippen molar-refractivity contribution in [2.45, 2.75) is 19.9 Å². The van der Waals surface area contributed by atoms with Gasteiger partial charge in [-0.25, -0.2) is 9.97 Å². The number of ketones is 1. The molecule has 2 fully saturated rings. The predicted octanol–water partition coefficient (Wildman–Crippen LogP) is 1.85. The number of nitrogens with zero attached hydrogens (tertiary/aromatic N) is 4. The standard InChI is InChI=1S/C23H26N4O4/c1-15-18(14-24-16(2)25-15)21(28)19-20(17-6-4-3-5-7-17)27(23(30)22(19)29)9-8-26-10-12-31-13-11-26/h3-7,14,20,28H,8-13H2,1-2H3/t20-/m0/s1. The van der Waals surface area contributed by atoms with E-state index in [1.54, 1.807) is 18.7 Å². The zero-order valence-corrected chi connectivity index (χ0v) is 17.7. The van der Waals surface area contributed by atoms with E-state index in [9.17, 15) is 14.7 Å². The van der Waals surface area contributed by atoms with Gasteiger partial charge in [-0.1, -0.05) is 30.3 Å². The Bertz CT molecular complexity index is 1020. The molecule has 2 saturated heterocycles. The Morgan fingerprint density at radius 2 is 1.84 bits per heavy atom. The molecule has 0 spiro atoms. The number of aliphatic hydroxyl groups is 1. The Labute approximate surface area is 181 Å². The average Bonchev–Trinajstić information content (AvgIpc) is 3.03. The second-order valence-corrected chi connectivity index (χ2v) is 7.77. The van der Waals surface area contributed by atoms with Gasteiger partial charge in [0.05, 0.1) is 36.1 Å². The van der Waals surface area contributed by atoms with Crippen molar-refractivity contribution in [3.8, 4) is 0 Å². The van der Waals surface area contributed by atoms with Crippen LogP contribution in [0, 0.1) is 13.8 Å². The smallest absolute Gasteiger partial charge is 0.295 e. The van der Waals surface area contributed by atoms with Crippen LogP contribution in [-0.2, 0) is 14.3 Å². The van der Waals surface area contributed by atoms with Gasteiger partial charge in [0.25, 0.3) is 11.7 Å². The number of Topliss-reactive ketones (excluding diaryl/α,β-unsaturated/α-hetero) is 1. The molecule has 0 aliphatic carbocycles. The fourth-order valence-corrected chi connectivity index (χ4v) is 4.13. The average molecular weight is 422 g/mol. The highest BCUT2D eigenvalue weighted by Gasteiger charge is 2.46. The highest BCUT2D eigenvalue weighted by molar-refractivity contribution is 6.46. The normalized spacial score (nSPS) is 21.6. The Kier molecular flexibility index (Phi) is 6.11. The number of hydrogen-bond acceptors (Lipinski definition) is 7. The molecule has 1 amide bonds. The molecule has 1 N–H and O–H groups in total. The van der Waals surface area contributed by atoms with Gasteiger partial charge in [-0.05, 0) is 19.4 Å². The number of aromatic nitrogens is 2. The molecule has 8 heteroatoms. The molecular formula is C23H26N4O4. The van der Waals surface area contributed by atoms with Crippen LogP contribution >= 0.6 is 0 Å². The topological polar surface area (TPSA) is 95.9 Å². The van der Waals surface area contributed by atoms with E-state index in [1.165, 1.54) is 6.20 Å². The summed E-state index contributed by atoms with van der Waals surface area (Å²) in [5, 5.41) is 11.1. The number of benzene rings is 1. The molecule has 31 heavy (non-hydrogen) atoms. The Morgan fingerprint density at radius 1 is 1.13 bits per heavy atom. The van der Waals surface area contributed by atoms with Crippen molar-refractivity contribution in [3.05, 3.63) is 64.7 Å². The maximum atomic E-state index is 13.1. The van der Waals surface area contributed by atoms with Crippen molar-refractivity contribution in [1.29, 1.82) is 0 Å². The van der Waals surface area contributed by atoms with Crippen molar-refractivity contribution in [2.24, 2.45) is 0 Å². The fraction of sp³-hybridized carbons (Fsp3) is 0.391. The molecule has 8 nitrogen and oxygen atoms in total. The Morgan fingerprint density at radius 3 is 2.52 bits per heavy atom. The van der Waals surface area contributed by atoms with Crippen LogP contribution in [0.25, 0.3) is 5.76 Å². The van der Waals surface area contributed by atoms with Crippen molar-refractivity contribution in [2.75, 3.05) is 39.4 Å². The van der Waals surface area contributed by atoms with E-state index in [1.807, 2.05) is 30.3 Å². The zero-order valence-electron chi connectivity index (χ0n) is 17.7. The summed E-state index contributed by atoms with van der Waals surface area (Å²) in [6.45, 7) is 7.42. The van der Waals surface area contributed by atoms with Gasteiger partial charge in [0.15, 0.2) is 0 Å². The third-order valence-electron chi connectivity index (χ3n) is 5.77. The van der Waals surface area contributed by atoms with Crippen LogP contribution in [0.2, 0.25) is 0 Å². The van der Waals surface area contributed by atoms with Crippen molar-refractivity contribution in [1.82, 2.24) is 19.8 Å². The molecule has 1 atom stereocenters. The molecule has 0 radical (unpaired) electrons. The summed E-state index contributed by atoms with van der Waals surface area (Å²) < 4.78 is 5.39. The molecule has 4 rings (SSSR count). The van der Waals surface area contributed by atoms with Crippen LogP contribution < -0.4 is 0 Å². The minimum atomic E-state index is -0.687. The lowest BCUT2D eigenvalue weighted by Gasteiger charge is -2.31. The first kappa shape index (κ1) is 21.1. The van der Waals surface area contributed by atoms with Crippen molar-refractivity contribution < 1.29 is 19.4 Å². The highest BCUT2D eigenvalue weighted by Crippen LogP contribution is 2.39. The summed E-state index contributed by atoms with van der Waals surface area (Å²) in [6, 6.07) is 8.66. The molecule has 1 aromatic carbocycles. The van der Waals surface area contributed by atoms with Crippen LogP contribution in [0.4, 0.5) is 0 Å². The number of rotatable bonds is 5. The van der Waals surface area contributed by atoms with Crippen LogP contribution in [0.3, 0.4) is 0 Å². The third-order valence-corrected chi connectivity index (χ3v) is 5.77. The predicted molar refractivity (Wildman–Crippen MR) is 114 cm³/mol. The van der Waals surface area contributed by atoms with E-state index < -0.39 is 17.7 Å². The molecule has 1 aromatic heterocycles. The molecule has 2 aliphatic rings. The summed E-state index contributed by atoms with van der Waals surface area (Å²) in [4.78, 5) is 38.3. The summed E-state index contributed by atoms with van der Waals surface area (Å²) >= 11 is 0. The monoisotopic (exact) mass is 422 g/mol. The van der Waals surface area contributed by atoms with E-state index in [2.05, 4.69) is 14.9 Å². The van der Waals surface area contributed by atoms with Crippen molar-refractivity contribution in [3.63, 3.8) is 0 Å². The largest absolute Gasteiger partial charge is 0.507 e. The third kappa shape index (κ3) is 4.22. The van der Waals surface area contributed by atoms with E-state index in [0.717, 1.165) is 18.7 Å². The lowest BCUT2D eigenvalue weighted by Crippen LogP contribution is -2.42. The van der Waals surface area contributed by atoms with Gasteiger partial charge in [-0.15, -0.1) is 0 Å². The van der Waals surface area contributed by atoms with E-state index in [-0.39, 0.29) is 11.3 Å². The summed E-state index contributed by atoms with van der Waals surface area (Å²) in [7, 11) is 0. The van der Waals surface area contributed by atoms with Gasteiger partial charge in [0.1, 0.15) is 11.6 Å². The van der Waals surface area contributed by atoms with Crippen LogP contribution in [0.15, 0.2) is 42.1 Å². The molecule has 3 heterocycles. The molecule has 0 bridgehead atoms. The van der Waals surface area contributed by atoms with E-state index >= 15 is 0 Å². The number of ether oxygens (including phenoxy) is 1. The zero-order chi connectivity index (χ0) is 22.0. The second kappa shape index (κ2) is 8.95. The number of aryl methyl sites for hydroxylation is 2. The van der Waals surface area contributed by atoms with Gasteiger partial charge in [-0.2, -0.15) is 0 Å². The number of amides is 1. The van der Waals surface area contributed by atoms with E-state index in [0.29, 0.717) is 43.4 Å². The number of morpholine rings is 1. The first-order valence-corrected chi connectivity index (χ1v) is 10.4. The Balaban J connectivity index is 1.74. The number of carbonyl (C=O) groups is 2.